The number of hydrogen-bond acceptors (Lipinski definition) is 4. The zero-order valence-corrected chi connectivity index (χ0v) is 12.1. The minimum absolute atomic E-state index is 0.0593. The SMILES string of the molecule is CC(C)CNc1ccnc(Nc2ccc(F)c(Cl)c2)n1. The van der Waals surface area contributed by atoms with Gasteiger partial charge < -0.3 is 10.6 Å². The fourth-order valence-corrected chi connectivity index (χ4v) is 1.71. The number of halogens is 2. The van der Waals surface area contributed by atoms with Crippen molar-refractivity contribution in [2.24, 2.45) is 5.92 Å². The van der Waals surface area contributed by atoms with Crippen molar-refractivity contribution >= 4 is 29.1 Å². The van der Waals surface area contributed by atoms with Gasteiger partial charge in [0.05, 0.1) is 5.02 Å². The van der Waals surface area contributed by atoms with Crippen LogP contribution in [-0.4, -0.2) is 16.5 Å². The normalized spacial score (nSPS) is 10.7. The number of nitrogens with zero attached hydrogens (tertiary/aromatic N) is 2. The van der Waals surface area contributed by atoms with E-state index in [1.807, 2.05) is 0 Å². The lowest BCUT2D eigenvalue weighted by Crippen LogP contribution is -2.10. The summed E-state index contributed by atoms with van der Waals surface area (Å²) in [5.74, 6) is 1.24. The lowest BCUT2D eigenvalue weighted by molar-refractivity contribution is 0.628. The maximum absolute atomic E-state index is 13.1. The molecule has 1 aromatic heterocycles. The summed E-state index contributed by atoms with van der Waals surface area (Å²) in [5.41, 5.74) is 0.636. The average molecular weight is 295 g/mol. The second kappa shape index (κ2) is 6.52. The summed E-state index contributed by atoms with van der Waals surface area (Å²) in [6.07, 6.45) is 1.66. The molecule has 2 N–H and O–H groups in total. The Bertz CT molecular complexity index is 589. The standard InChI is InChI=1S/C14H16ClFN4/c1-9(2)8-18-13-5-6-17-14(20-13)19-10-3-4-12(16)11(15)7-10/h3-7,9H,8H2,1-2H3,(H2,17,18,19,20). The van der Waals surface area contributed by atoms with Crippen LogP contribution in [-0.2, 0) is 0 Å². The largest absolute Gasteiger partial charge is 0.370 e. The highest BCUT2D eigenvalue weighted by molar-refractivity contribution is 6.31. The summed E-state index contributed by atoms with van der Waals surface area (Å²) in [6.45, 7) is 5.07. The van der Waals surface area contributed by atoms with Gasteiger partial charge >= 0.3 is 0 Å². The molecule has 4 nitrogen and oxygen atoms in total. The molecule has 0 bridgehead atoms. The van der Waals surface area contributed by atoms with Gasteiger partial charge in [-0.05, 0) is 30.2 Å². The molecule has 0 fully saturated rings. The van der Waals surface area contributed by atoms with Crippen molar-refractivity contribution < 1.29 is 4.39 Å². The molecule has 0 unspecified atom stereocenters. The summed E-state index contributed by atoms with van der Waals surface area (Å²) < 4.78 is 13.1. The predicted molar refractivity (Wildman–Crippen MR) is 80.1 cm³/mol. The molecule has 6 heteroatoms. The molecule has 0 radical (unpaired) electrons. The molecule has 0 aliphatic carbocycles. The highest BCUT2D eigenvalue weighted by Crippen LogP contribution is 2.21. The fourth-order valence-electron chi connectivity index (χ4n) is 1.53. The minimum atomic E-state index is -0.453. The second-order valence-electron chi connectivity index (χ2n) is 4.79. The van der Waals surface area contributed by atoms with E-state index in [0.29, 0.717) is 17.6 Å². The Morgan fingerprint density at radius 3 is 2.80 bits per heavy atom. The van der Waals surface area contributed by atoms with Crippen LogP contribution < -0.4 is 10.6 Å². The molecule has 0 saturated carbocycles. The van der Waals surface area contributed by atoms with Crippen molar-refractivity contribution in [2.45, 2.75) is 13.8 Å². The molecular formula is C14H16ClFN4. The number of benzene rings is 1. The molecule has 0 saturated heterocycles. The predicted octanol–water partition coefficient (Wildman–Crippen LogP) is 4.08. The van der Waals surface area contributed by atoms with Gasteiger partial charge in [0, 0.05) is 18.4 Å². The first-order valence-electron chi connectivity index (χ1n) is 6.33. The third-order valence-corrected chi connectivity index (χ3v) is 2.81. The van der Waals surface area contributed by atoms with Crippen LogP contribution in [0.25, 0.3) is 0 Å². The van der Waals surface area contributed by atoms with Crippen molar-refractivity contribution in [1.82, 2.24) is 9.97 Å². The molecule has 2 aromatic rings. The Kier molecular flexibility index (Phi) is 4.74. The Labute approximate surface area is 122 Å². The Balaban J connectivity index is 2.08. The monoisotopic (exact) mass is 294 g/mol. The summed E-state index contributed by atoms with van der Waals surface area (Å²) in [4.78, 5) is 8.44. The number of hydrogen-bond donors (Lipinski definition) is 2. The summed E-state index contributed by atoms with van der Waals surface area (Å²) in [7, 11) is 0. The van der Waals surface area contributed by atoms with E-state index in [9.17, 15) is 4.39 Å². The zero-order chi connectivity index (χ0) is 14.5. The number of nitrogens with one attached hydrogen (secondary N) is 2. The van der Waals surface area contributed by atoms with E-state index in [0.717, 1.165) is 12.4 Å². The van der Waals surface area contributed by atoms with Crippen molar-refractivity contribution in [3.8, 4) is 0 Å². The van der Waals surface area contributed by atoms with Crippen LogP contribution >= 0.6 is 11.6 Å². The van der Waals surface area contributed by atoms with Gasteiger partial charge in [-0.3, -0.25) is 0 Å². The highest BCUT2D eigenvalue weighted by Gasteiger charge is 2.04. The minimum Gasteiger partial charge on any atom is -0.370 e. The van der Waals surface area contributed by atoms with Crippen LogP contribution in [0.2, 0.25) is 5.02 Å². The molecule has 0 aliphatic rings. The Morgan fingerprint density at radius 1 is 1.30 bits per heavy atom. The Morgan fingerprint density at radius 2 is 2.10 bits per heavy atom. The van der Waals surface area contributed by atoms with Crippen LogP contribution in [0.3, 0.4) is 0 Å². The van der Waals surface area contributed by atoms with Crippen LogP contribution in [0, 0.1) is 11.7 Å². The van der Waals surface area contributed by atoms with Gasteiger partial charge in [0.2, 0.25) is 5.95 Å². The van der Waals surface area contributed by atoms with Gasteiger partial charge in [-0.1, -0.05) is 25.4 Å². The van der Waals surface area contributed by atoms with E-state index >= 15 is 0 Å². The van der Waals surface area contributed by atoms with E-state index < -0.39 is 5.82 Å². The molecule has 0 aliphatic heterocycles. The third kappa shape index (κ3) is 4.06. The Hall–Kier alpha value is -1.88. The maximum Gasteiger partial charge on any atom is 0.229 e. The van der Waals surface area contributed by atoms with E-state index in [-0.39, 0.29) is 5.02 Å². The average Bonchev–Trinajstić information content (AvgIpc) is 2.41. The van der Waals surface area contributed by atoms with Crippen molar-refractivity contribution in [2.75, 3.05) is 17.2 Å². The van der Waals surface area contributed by atoms with Crippen LogP contribution in [0.4, 0.5) is 21.8 Å². The lowest BCUT2D eigenvalue weighted by Gasteiger charge is -2.10. The van der Waals surface area contributed by atoms with Gasteiger partial charge in [0.1, 0.15) is 11.6 Å². The first-order chi connectivity index (χ1) is 9.54. The summed E-state index contributed by atoms with van der Waals surface area (Å²) in [5, 5.41) is 6.26. The first kappa shape index (κ1) is 14.5. The number of rotatable bonds is 5. The quantitative estimate of drug-likeness (QED) is 0.872. The van der Waals surface area contributed by atoms with Gasteiger partial charge in [0.25, 0.3) is 0 Å². The van der Waals surface area contributed by atoms with Crippen molar-refractivity contribution in [3.63, 3.8) is 0 Å². The van der Waals surface area contributed by atoms with E-state index in [1.165, 1.54) is 12.1 Å². The number of aromatic nitrogens is 2. The van der Waals surface area contributed by atoms with Crippen LogP contribution in [0.1, 0.15) is 13.8 Å². The molecule has 1 heterocycles. The zero-order valence-electron chi connectivity index (χ0n) is 11.3. The summed E-state index contributed by atoms with van der Waals surface area (Å²) in [6, 6.07) is 6.17. The molecule has 106 valence electrons. The van der Waals surface area contributed by atoms with Gasteiger partial charge in [0.15, 0.2) is 0 Å². The maximum atomic E-state index is 13.1. The van der Waals surface area contributed by atoms with Crippen molar-refractivity contribution in [1.29, 1.82) is 0 Å². The third-order valence-electron chi connectivity index (χ3n) is 2.52. The molecule has 0 amide bonds. The molecule has 20 heavy (non-hydrogen) atoms. The fraction of sp³-hybridized carbons (Fsp3) is 0.286. The molecule has 0 atom stereocenters. The topological polar surface area (TPSA) is 49.8 Å². The van der Waals surface area contributed by atoms with Crippen molar-refractivity contribution in [3.05, 3.63) is 41.3 Å². The van der Waals surface area contributed by atoms with Crippen LogP contribution in [0.15, 0.2) is 30.5 Å². The van der Waals surface area contributed by atoms with E-state index in [2.05, 4.69) is 34.4 Å². The van der Waals surface area contributed by atoms with Gasteiger partial charge in [-0.15, -0.1) is 0 Å². The smallest absolute Gasteiger partial charge is 0.229 e. The molecular weight excluding hydrogens is 279 g/mol. The van der Waals surface area contributed by atoms with Gasteiger partial charge in [-0.2, -0.15) is 4.98 Å². The lowest BCUT2D eigenvalue weighted by atomic mass is 10.2. The first-order valence-corrected chi connectivity index (χ1v) is 6.71. The molecule has 2 rings (SSSR count). The van der Waals surface area contributed by atoms with Crippen LogP contribution in [0.5, 0.6) is 0 Å². The van der Waals surface area contributed by atoms with E-state index in [1.54, 1.807) is 18.3 Å². The molecule has 1 aromatic carbocycles. The molecule has 0 spiro atoms. The highest BCUT2D eigenvalue weighted by atomic mass is 35.5. The second-order valence-corrected chi connectivity index (χ2v) is 5.20. The summed E-state index contributed by atoms with van der Waals surface area (Å²) >= 11 is 5.73. The van der Waals surface area contributed by atoms with E-state index in [4.69, 9.17) is 11.6 Å². The number of anilines is 3. The van der Waals surface area contributed by atoms with Gasteiger partial charge in [-0.25, -0.2) is 9.37 Å².